The fraction of sp³-hybridized carbons (Fsp3) is 0.806. The summed E-state index contributed by atoms with van der Waals surface area (Å²) in [6.45, 7) is 5.66. The van der Waals surface area contributed by atoms with Crippen molar-refractivity contribution in [2.75, 3.05) is 13.2 Å². The molecule has 1 saturated heterocycles. The van der Waals surface area contributed by atoms with E-state index in [9.17, 15) is 35.1 Å². The summed E-state index contributed by atoms with van der Waals surface area (Å²) in [7, 11) is 0. The molecule has 6 N–H and O–H groups in total. The zero-order chi connectivity index (χ0) is 60.3. The SMILES string of the molecule is CC/C=C\C/C=C\C/C=C\C/C=C\C/C=C\CCC(O)C(=O)NC(COC1OC(CO)C(O)C(O)C1OC(=O)CCCCCCCCCCCCCCCCCCCCCCCCCCCCC)C(O)/C=C/CCCCCCCCCCC. The molecule has 482 valence electrons. The number of aliphatic hydroxyl groups excluding tert-OH is 5. The Labute approximate surface area is 509 Å². The molecule has 1 amide bonds. The molecule has 0 aromatic rings. The number of carbonyl (C=O) groups excluding carboxylic acids is 2. The summed E-state index contributed by atoms with van der Waals surface area (Å²) in [5.74, 6) is -1.25. The van der Waals surface area contributed by atoms with Crippen molar-refractivity contribution >= 4 is 11.9 Å². The Balaban J connectivity index is 2.55. The first-order chi connectivity index (χ1) is 40.7. The number of nitrogens with one attached hydrogen (secondary N) is 1. The van der Waals surface area contributed by atoms with Gasteiger partial charge in [0.2, 0.25) is 5.91 Å². The topological polar surface area (TPSA) is 175 Å². The largest absolute Gasteiger partial charge is 0.454 e. The molecule has 1 aliphatic heterocycles. The van der Waals surface area contributed by atoms with Gasteiger partial charge in [0.25, 0.3) is 0 Å². The van der Waals surface area contributed by atoms with Crippen molar-refractivity contribution in [1.82, 2.24) is 5.32 Å². The Bertz CT molecular complexity index is 1630. The van der Waals surface area contributed by atoms with E-state index in [0.717, 1.165) is 77.0 Å². The van der Waals surface area contributed by atoms with Crippen LogP contribution in [0.1, 0.15) is 310 Å². The third kappa shape index (κ3) is 46.9. The van der Waals surface area contributed by atoms with E-state index in [1.807, 2.05) is 18.2 Å². The molecule has 1 aliphatic rings. The number of esters is 1. The molecular formula is C72H129NO10. The van der Waals surface area contributed by atoms with Gasteiger partial charge in [-0.3, -0.25) is 9.59 Å². The molecule has 0 aliphatic carbocycles. The van der Waals surface area contributed by atoms with E-state index in [-0.39, 0.29) is 19.4 Å². The molecule has 1 fully saturated rings. The van der Waals surface area contributed by atoms with Crippen LogP contribution in [0, 0.1) is 0 Å². The molecule has 0 aromatic heterocycles. The van der Waals surface area contributed by atoms with Crippen LogP contribution in [-0.2, 0) is 23.8 Å². The van der Waals surface area contributed by atoms with Crippen LogP contribution in [0.2, 0.25) is 0 Å². The summed E-state index contributed by atoms with van der Waals surface area (Å²) in [6.07, 6.45) is 66.9. The predicted molar refractivity (Wildman–Crippen MR) is 347 cm³/mol. The molecule has 8 atom stereocenters. The standard InChI is InChI=1S/C72H129NO10/c1-4-7-10-13-16-19-22-24-26-28-29-30-31-32-33-34-35-36-37-38-40-42-45-48-51-54-57-60-67(77)83-70-69(79)68(78)66(61-74)82-72(70)81-62-63(64(75)58-55-52-49-46-43-21-18-15-12-9-6-3)73-71(80)65(76)59-56-53-50-47-44-41-39-27-25-23-20-17-14-11-8-5-2/h8,11,17,20,25,27,41,44,50,53,55,58,63-66,68-70,72,74-76,78-79H,4-7,9-10,12-16,18-19,21-24,26,28-40,42-43,45-49,51-52,54,56-57,59-62H2,1-3H3,(H,73,80)/b11-8-,20-17-,27-25-,44-41-,53-50-,58-55+. The summed E-state index contributed by atoms with van der Waals surface area (Å²) in [5.41, 5.74) is 0. The molecular weight excluding hydrogens is 1040 g/mol. The second-order valence-electron chi connectivity index (χ2n) is 23.9. The van der Waals surface area contributed by atoms with Gasteiger partial charge in [-0.25, -0.2) is 0 Å². The maximum Gasteiger partial charge on any atom is 0.306 e. The molecule has 0 bridgehead atoms. The molecule has 8 unspecified atom stereocenters. The Kier molecular flexibility index (Phi) is 55.9. The number of amides is 1. The zero-order valence-corrected chi connectivity index (χ0v) is 53.6. The molecule has 11 nitrogen and oxygen atoms in total. The summed E-state index contributed by atoms with van der Waals surface area (Å²) < 4.78 is 17.6. The number of ether oxygens (including phenoxy) is 3. The lowest BCUT2D eigenvalue weighted by Crippen LogP contribution is -2.61. The molecule has 83 heavy (non-hydrogen) atoms. The number of hydrogen-bond acceptors (Lipinski definition) is 10. The fourth-order valence-corrected chi connectivity index (χ4v) is 10.7. The first-order valence-corrected chi connectivity index (χ1v) is 34.7. The van der Waals surface area contributed by atoms with Gasteiger partial charge in [0.05, 0.1) is 25.4 Å². The van der Waals surface area contributed by atoms with Crippen LogP contribution in [0.4, 0.5) is 0 Å². The van der Waals surface area contributed by atoms with Crippen LogP contribution in [-0.4, -0.2) is 99.6 Å². The van der Waals surface area contributed by atoms with Crippen molar-refractivity contribution in [3.05, 3.63) is 72.9 Å². The van der Waals surface area contributed by atoms with Crippen LogP contribution >= 0.6 is 0 Å². The normalized spacial score (nSPS) is 19.0. The van der Waals surface area contributed by atoms with Crippen molar-refractivity contribution in [3.63, 3.8) is 0 Å². The van der Waals surface area contributed by atoms with Gasteiger partial charge in [-0.1, -0.05) is 312 Å². The van der Waals surface area contributed by atoms with Crippen LogP contribution in [0.5, 0.6) is 0 Å². The molecule has 1 heterocycles. The minimum atomic E-state index is -1.62. The number of hydrogen-bond donors (Lipinski definition) is 6. The van der Waals surface area contributed by atoms with Gasteiger partial charge in [0.15, 0.2) is 12.4 Å². The van der Waals surface area contributed by atoms with E-state index >= 15 is 0 Å². The Hall–Kier alpha value is -2.90. The van der Waals surface area contributed by atoms with Gasteiger partial charge in [-0.2, -0.15) is 0 Å². The summed E-state index contributed by atoms with van der Waals surface area (Å²) in [5, 5.41) is 57.0. The third-order valence-electron chi connectivity index (χ3n) is 16.1. The summed E-state index contributed by atoms with van der Waals surface area (Å²) >= 11 is 0. The van der Waals surface area contributed by atoms with Crippen LogP contribution in [0.15, 0.2) is 72.9 Å². The Morgan fingerprint density at radius 3 is 1.28 bits per heavy atom. The highest BCUT2D eigenvalue weighted by Gasteiger charge is 2.47. The number of rotatable bonds is 59. The van der Waals surface area contributed by atoms with E-state index in [0.29, 0.717) is 12.8 Å². The lowest BCUT2D eigenvalue weighted by Gasteiger charge is -2.41. The highest BCUT2D eigenvalue weighted by Crippen LogP contribution is 2.26. The van der Waals surface area contributed by atoms with E-state index in [1.54, 1.807) is 6.08 Å². The smallest absolute Gasteiger partial charge is 0.306 e. The molecule has 11 heteroatoms. The average Bonchev–Trinajstić information content (AvgIpc) is 3.52. The van der Waals surface area contributed by atoms with Gasteiger partial charge in [0.1, 0.15) is 24.4 Å². The summed E-state index contributed by atoms with van der Waals surface area (Å²) in [4.78, 5) is 26.6. The van der Waals surface area contributed by atoms with E-state index in [1.165, 1.54) is 186 Å². The first-order valence-electron chi connectivity index (χ1n) is 34.7. The number of carbonyl (C=O) groups is 2. The molecule has 0 radical (unpaired) electrons. The maximum atomic E-state index is 13.4. The van der Waals surface area contributed by atoms with Gasteiger partial charge >= 0.3 is 5.97 Å². The molecule has 0 aromatic carbocycles. The van der Waals surface area contributed by atoms with Crippen molar-refractivity contribution in [2.24, 2.45) is 0 Å². The monoisotopic (exact) mass is 1170 g/mol. The van der Waals surface area contributed by atoms with Crippen LogP contribution in [0.25, 0.3) is 0 Å². The highest BCUT2D eigenvalue weighted by molar-refractivity contribution is 5.80. The van der Waals surface area contributed by atoms with Gasteiger partial charge in [-0.05, 0) is 64.2 Å². The number of allylic oxidation sites excluding steroid dienone is 11. The quantitative estimate of drug-likeness (QED) is 0.0195. The van der Waals surface area contributed by atoms with E-state index in [4.69, 9.17) is 14.2 Å². The molecule has 1 rings (SSSR count). The fourth-order valence-electron chi connectivity index (χ4n) is 10.7. The van der Waals surface area contributed by atoms with Crippen molar-refractivity contribution in [3.8, 4) is 0 Å². The zero-order valence-electron chi connectivity index (χ0n) is 53.6. The van der Waals surface area contributed by atoms with Gasteiger partial charge in [-0.15, -0.1) is 0 Å². The minimum absolute atomic E-state index is 0.119. The van der Waals surface area contributed by atoms with Crippen molar-refractivity contribution < 1.29 is 49.3 Å². The Morgan fingerprint density at radius 2 is 0.867 bits per heavy atom. The first kappa shape index (κ1) is 78.1. The minimum Gasteiger partial charge on any atom is -0.454 e. The van der Waals surface area contributed by atoms with Crippen molar-refractivity contribution in [2.45, 2.75) is 359 Å². The van der Waals surface area contributed by atoms with Gasteiger partial charge in [0, 0.05) is 6.42 Å². The van der Waals surface area contributed by atoms with Crippen LogP contribution < -0.4 is 5.32 Å². The van der Waals surface area contributed by atoms with Crippen molar-refractivity contribution in [1.29, 1.82) is 0 Å². The van der Waals surface area contributed by atoms with Crippen LogP contribution in [0.3, 0.4) is 0 Å². The highest BCUT2D eigenvalue weighted by atomic mass is 16.7. The van der Waals surface area contributed by atoms with Gasteiger partial charge < -0.3 is 45.1 Å². The second-order valence-corrected chi connectivity index (χ2v) is 23.9. The lowest BCUT2D eigenvalue weighted by molar-refractivity contribution is -0.305. The molecule has 0 saturated carbocycles. The van der Waals surface area contributed by atoms with E-state index < -0.39 is 67.4 Å². The molecule has 0 spiro atoms. The second kappa shape index (κ2) is 59.4. The summed E-state index contributed by atoms with van der Waals surface area (Å²) in [6, 6.07) is -1.06. The maximum absolute atomic E-state index is 13.4. The van der Waals surface area contributed by atoms with E-state index in [2.05, 4.69) is 74.7 Å². The third-order valence-corrected chi connectivity index (χ3v) is 16.1. The Morgan fingerprint density at radius 1 is 0.482 bits per heavy atom. The number of unbranched alkanes of at least 4 members (excludes halogenated alkanes) is 35. The predicted octanol–water partition coefficient (Wildman–Crippen LogP) is 17.5. The lowest BCUT2D eigenvalue weighted by atomic mass is 9.99. The average molecular weight is 1170 g/mol. The number of aliphatic hydroxyl groups is 5.